The van der Waals surface area contributed by atoms with Crippen molar-refractivity contribution in [1.82, 2.24) is 5.32 Å². The van der Waals surface area contributed by atoms with Crippen LogP contribution in [0.3, 0.4) is 0 Å². The minimum atomic E-state index is 0.473. The Morgan fingerprint density at radius 1 is 0.760 bits per heavy atom. The molecule has 0 amide bonds. The highest BCUT2D eigenvalue weighted by atomic mass is 16.5. The number of nitrogens with one attached hydrogen (secondary N) is 1. The van der Waals surface area contributed by atoms with Crippen LogP contribution in [0.1, 0.15) is 12.8 Å². The van der Waals surface area contributed by atoms with Crippen molar-refractivity contribution in [1.29, 1.82) is 0 Å². The van der Waals surface area contributed by atoms with Gasteiger partial charge in [0.25, 0.3) is 0 Å². The number of hydrogen-bond donors (Lipinski definition) is 1. The second kappa shape index (κ2) is 7.54. The van der Waals surface area contributed by atoms with Crippen molar-refractivity contribution in [2.45, 2.75) is 18.9 Å². The van der Waals surface area contributed by atoms with Gasteiger partial charge in [0.2, 0.25) is 0 Å². The van der Waals surface area contributed by atoms with Crippen LogP contribution < -0.4 is 10.1 Å². The monoisotopic (exact) mass is 329 g/mol. The van der Waals surface area contributed by atoms with Gasteiger partial charge in [-0.2, -0.15) is 0 Å². The van der Waals surface area contributed by atoms with Crippen molar-refractivity contribution < 1.29 is 4.74 Å². The fraction of sp³-hybridized carbons (Fsp3) is 0.217. The fourth-order valence-corrected chi connectivity index (χ4v) is 3.37. The van der Waals surface area contributed by atoms with Gasteiger partial charge in [-0.25, -0.2) is 0 Å². The molecule has 3 aromatic carbocycles. The quantitative estimate of drug-likeness (QED) is 0.699. The maximum atomic E-state index is 6.15. The molecule has 3 aromatic rings. The van der Waals surface area contributed by atoms with Crippen LogP contribution in [0, 0.1) is 0 Å². The Balaban J connectivity index is 1.67. The molecular weight excluding hydrogens is 306 g/mol. The second-order valence-corrected chi connectivity index (χ2v) is 6.58. The molecule has 1 aliphatic rings. The molecule has 126 valence electrons. The molecule has 1 fully saturated rings. The average molecular weight is 329 g/mol. The van der Waals surface area contributed by atoms with Gasteiger partial charge in [-0.15, -0.1) is 0 Å². The summed E-state index contributed by atoms with van der Waals surface area (Å²) in [4.78, 5) is 0. The van der Waals surface area contributed by atoms with E-state index in [-0.39, 0.29) is 0 Å². The van der Waals surface area contributed by atoms with Gasteiger partial charge < -0.3 is 10.1 Å². The van der Waals surface area contributed by atoms with Gasteiger partial charge in [-0.1, -0.05) is 60.7 Å². The molecule has 0 bridgehead atoms. The van der Waals surface area contributed by atoms with Crippen molar-refractivity contribution >= 4 is 0 Å². The summed E-state index contributed by atoms with van der Waals surface area (Å²) in [6, 6.07) is 28.0. The van der Waals surface area contributed by atoms with Crippen molar-refractivity contribution in [3.8, 4) is 28.0 Å². The average Bonchev–Trinajstić information content (AvgIpc) is 3.21. The lowest BCUT2D eigenvalue weighted by atomic mass is 9.98. The Morgan fingerprint density at radius 2 is 1.36 bits per heavy atom. The van der Waals surface area contributed by atoms with Crippen molar-refractivity contribution in [3.05, 3.63) is 78.9 Å². The van der Waals surface area contributed by atoms with E-state index in [2.05, 4.69) is 72.0 Å². The number of ether oxygens (including phenoxy) is 1. The molecule has 0 unspecified atom stereocenters. The molecule has 0 spiro atoms. The molecule has 0 radical (unpaired) electrons. The van der Waals surface area contributed by atoms with Crippen molar-refractivity contribution in [2.75, 3.05) is 13.2 Å². The summed E-state index contributed by atoms with van der Waals surface area (Å²) in [6.07, 6.45) is 2.44. The highest BCUT2D eigenvalue weighted by Gasteiger charge is 2.15. The lowest BCUT2D eigenvalue weighted by Gasteiger charge is -2.15. The highest BCUT2D eigenvalue weighted by Crippen LogP contribution is 2.31. The first-order valence-electron chi connectivity index (χ1n) is 9.00. The van der Waals surface area contributed by atoms with Gasteiger partial charge in [-0.3, -0.25) is 0 Å². The lowest BCUT2D eigenvalue weighted by Crippen LogP contribution is -2.28. The molecule has 1 heterocycles. The van der Waals surface area contributed by atoms with E-state index < -0.39 is 0 Å². The summed E-state index contributed by atoms with van der Waals surface area (Å²) in [7, 11) is 0. The van der Waals surface area contributed by atoms with Crippen molar-refractivity contribution in [3.63, 3.8) is 0 Å². The summed E-state index contributed by atoms with van der Waals surface area (Å²) < 4.78 is 6.15. The Hall–Kier alpha value is -2.58. The zero-order valence-electron chi connectivity index (χ0n) is 14.3. The third-order valence-corrected chi connectivity index (χ3v) is 4.73. The zero-order chi connectivity index (χ0) is 16.9. The second-order valence-electron chi connectivity index (χ2n) is 6.58. The van der Waals surface area contributed by atoms with Crippen LogP contribution in [0.4, 0.5) is 0 Å². The van der Waals surface area contributed by atoms with Gasteiger partial charge in [0.15, 0.2) is 0 Å². The van der Waals surface area contributed by atoms with E-state index >= 15 is 0 Å². The van der Waals surface area contributed by atoms with Gasteiger partial charge in [0, 0.05) is 6.04 Å². The SMILES string of the molecule is c1ccc(-c2cc(OC[C@H]3CCCN3)cc(-c3ccccc3)c2)cc1. The Labute approximate surface area is 149 Å². The van der Waals surface area contributed by atoms with E-state index in [1.54, 1.807) is 0 Å². The summed E-state index contributed by atoms with van der Waals surface area (Å²) in [5, 5.41) is 3.49. The van der Waals surface area contributed by atoms with Gasteiger partial charge >= 0.3 is 0 Å². The van der Waals surface area contributed by atoms with Crippen LogP contribution in [0.25, 0.3) is 22.3 Å². The van der Waals surface area contributed by atoms with Gasteiger partial charge in [-0.05, 0) is 59.8 Å². The molecule has 2 nitrogen and oxygen atoms in total. The molecule has 0 aliphatic carbocycles. The summed E-state index contributed by atoms with van der Waals surface area (Å²) >= 11 is 0. The lowest BCUT2D eigenvalue weighted by molar-refractivity contribution is 0.277. The smallest absolute Gasteiger partial charge is 0.120 e. The number of benzene rings is 3. The van der Waals surface area contributed by atoms with Crippen LogP contribution in [0.2, 0.25) is 0 Å². The van der Waals surface area contributed by atoms with Crippen molar-refractivity contribution in [2.24, 2.45) is 0 Å². The molecule has 2 heteroatoms. The maximum absolute atomic E-state index is 6.15. The van der Waals surface area contributed by atoms with Crippen LogP contribution >= 0.6 is 0 Å². The maximum Gasteiger partial charge on any atom is 0.120 e. The summed E-state index contributed by atoms with van der Waals surface area (Å²) in [6.45, 7) is 1.83. The molecule has 0 saturated carbocycles. The summed E-state index contributed by atoms with van der Waals surface area (Å²) in [5.74, 6) is 0.939. The first-order chi connectivity index (χ1) is 12.4. The third kappa shape index (κ3) is 3.92. The molecule has 25 heavy (non-hydrogen) atoms. The molecular formula is C23H23NO. The van der Waals surface area contributed by atoms with Gasteiger partial charge in [0.1, 0.15) is 12.4 Å². The zero-order valence-corrected chi connectivity index (χ0v) is 14.3. The van der Waals surface area contributed by atoms with E-state index in [9.17, 15) is 0 Å². The van der Waals surface area contributed by atoms with Crippen LogP contribution in [-0.2, 0) is 0 Å². The molecule has 1 aliphatic heterocycles. The number of hydrogen-bond acceptors (Lipinski definition) is 2. The van der Waals surface area contributed by atoms with E-state index in [1.807, 2.05) is 12.1 Å². The first-order valence-corrected chi connectivity index (χ1v) is 9.00. The van der Waals surface area contributed by atoms with E-state index in [1.165, 1.54) is 35.1 Å². The largest absolute Gasteiger partial charge is 0.492 e. The molecule has 1 atom stereocenters. The normalized spacial score (nSPS) is 16.7. The van der Waals surface area contributed by atoms with Crippen LogP contribution in [-0.4, -0.2) is 19.2 Å². The van der Waals surface area contributed by atoms with Crippen LogP contribution in [0.15, 0.2) is 78.9 Å². The Kier molecular flexibility index (Phi) is 4.80. The minimum Gasteiger partial charge on any atom is -0.492 e. The topological polar surface area (TPSA) is 21.3 Å². The predicted octanol–water partition coefficient (Wildman–Crippen LogP) is 5.15. The fourth-order valence-electron chi connectivity index (χ4n) is 3.37. The minimum absolute atomic E-state index is 0.473. The van der Waals surface area contributed by atoms with E-state index in [0.29, 0.717) is 6.04 Å². The molecule has 1 N–H and O–H groups in total. The summed E-state index contributed by atoms with van der Waals surface area (Å²) in [5.41, 5.74) is 4.81. The van der Waals surface area contributed by atoms with E-state index in [4.69, 9.17) is 4.74 Å². The Bertz CT molecular complexity index is 750. The van der Waals surface area contributed by atoms with Gasteiger partial charge in [0.05, 0.1) is 0 Å². The van der Waals surface area contributed by atoms with E-state index in [0.717, 1.165) is 18.9 Å². The Morgan fingerprint density at radius 3 is 1.88 bits per heavy atom. The molecule has 1 saturated heterocycles. The standard InChI is InChI=1S/C23H23NO/c1-3-8-18(9-4-1)20-14-21(19-10-5-2-6-11-19)16-23(15-20)25-17-22-12-7-13-24-22/h1-6,8-11,14-16,22,24H,7,12-13,17H2/t22-/m1/s1. The predicted molar refractivity (Wildman–Crippen MR) is 104 cm³/mol. The third-order valence-electron chi connectivity index (χ3n) is 4.73. The molecule has 4 rings (SSSR count). The number of rotatable bonds is 5. The molecule has 0 aromatic heterocycles. The van der Waals surface area contributed by atoms with Crippen LogP contribution in [0.5, 0.6) is 5.75 Å². The first kappa shape index (κ1) is 15.9. The highest BCUT2D eigenvalue weighted by molar-refractivity contribution is 5.75.